The molecule has 0 saturated heterocycles. The molecule has 0 aliphatic rings. The molecular weight excluding hydrogens is 398 g/mol. The van der Waals surface area contributed by atoms with E-state index in [9.17, 15) is 19.5 Å². The van der Waals surface area contributed by atoms with Gasteiger partial charge in [-0.2, -0.15) is 0 Å². The molecule has 3 N–H and O–H groups in total. The van der Waals surface area contributed by atoms with Gasteiger partial charge in [0.1, 0.15) is 11.4 Å². The van der Waals surface area contributed by atoms with Gasteiger partial charge in [0.05, 0.1) is 25.3 Å². The largest absolute Gasteiger partial charge is 0.497 e. The Balaban J connectivity index is 1.85. The number of aromatic nitrogens is 2. The normalized spacial score (nSPS) is 11.7. The van der Waals surface area contributed by atoms with Gasteiger partial charge < -0.3 is 15.2 Å². The van der Waals surface area contributed by atoms with E-state index in [1.54, 1.807) is 48.5 Å². The van der Waals surface area contributed by atoms with E-state index >= 15 is 0 Å². The van der Waals surface area contributed by atoms with Crippen molar-refractivity contribution in [2.45, 2.75) is 12.5 Å². The number of nitrogens with zero attached hydrogens (tertiary/aromatic N) is 1. The van der Waals surface area contributed by atoms with Gasteiger partial charge in [0.2, 0.25) is 0 Å². The number of aliphatic carboxylic acids is 1. The van der Waals surface area contributed by atoms with Crippen LogP contribution >= 0.6 is 11.6 Å². The van der Waals surface area contributed by atoms with Gasteiger partial charge >= 0.3 is 5.97 Å². The summed E-state index contributed by atoms with van der Waals surface area (Å²) in [6.07, 6.45) is -0.322. The molecule has 150 valence electrons. The number of carbonyl (C=O) groups excluding carboxylic acids is 1. The summed E-state index contributed by atoms with van der Waals surface area (Å²) in [5.41, 5.74) is 0.618. The second kappa shape index (κ2) is 8.66. The van der Waals surface area contributed by atoms with Gasteiger partial charge in [-0.3, -0.25) is 19.5 Å². The van der Waals surface area contributed by atoms with E-state index in [0.29, 0.717) is 22.0 Å². The van der Waals surface area contributed by atoms with Crippen LogP contribution in [0.1, 0.15) is 28.5 Å². The van der Waals surface area contributed by atoms with Crippen LogP contribution in [0.25, 0.3) is 5.69 Å². The second-order valence-electron chi connectivity index (χ2n) is 6.22. The van der Waals surface area contributed by atoms with Gasteiger partial charge in [-0.1, -0.05) is 29.8 Å². The number of rotatable bonds is 7. The Kier molecular flexibility index (Phi) is 6.04. The third-order valence-electron chi connectivity index (χ3n) is 4.23. The highest BCUT2D eigenvalue weighted by atomic mass is 35.5. The first-order chi connectivity index (χ1) is 13.9. The van der Waals surface area contributed by atoms with Crippen molar-refractivity contribution in [1.82, 2.24) is 15.1 Å². The average molecular weight is 416 g/mol. The van der Waals surface area contributed by atoms with Crippen molar-refractivity contribution in [2.24, 2.45) is 0 Å². The molecule has 29 heavy (non-hydrogen) atoms. The third-order valence-corrected chi connectivity index (χ3v) is 4.47. The first-order valence-electron chi connectivity index (χ1n) is 8.62. The smallest absolute Gasteiger partial charge is 0.305 e. The van der Waals surface area contributed by atoms with Crippen LogP contribution in [0.3, 0.4) is 0 Å². The van der Waals surface area contributed by atoms with Gasteiger partial charge in [0, 0.05) is 11.1 Å². The van der Waals surface area contributed by atoms with E-state index in [4.69, 9.17) is 16.3 Å². The predicted molar refractivity (Wildman–Crippen MR) is 107 cm³/mol. The topological polar surface area (TPSA) is 113 Å². The summed E-state index contributed by atoms with van der Waals surface area (Å²) in [4.78, 5) is 36.2. The molecule has 0 aliphatic heterocycles. The van der Waals surface area contributed by atoms with Crippen LogP contribution in [-0.2, 0) is 4.79 Å². The number of carboxylic acid groups (broad SMARTS) is 1. The summed E-state index contributed by atoms with van der Waals surface area (Å²) in [6.45, 7) is 0. The molecule has 1 amide bonds. The van der Waals surface area contributed by atoms with Crippen LogP contribution in [0.15, 0.2) is 59.4 Å². The summed E-state index contributed by atoms with van der Waals surface area (Å²) in [7, 11) is 1.52. The lowest BCUT2D eigenvalue weighted by Crippen LogP contribution is -2.30. The Morgan fingerprint density at radius 3 is 2.55 bits per heavy atom. The number of aromatic amines is 1. The minimum atomic E-state index is -1.07. The molecule has 2 aromatic carbocycles. The number of H-pyrrole nitrogens is 1. The van der Waals surface area contributed by atoms with E-state index in [0.717, 1.165) is 6.07 Å². The van der Waals surface area contributed by atoms with Crippen molar-refractivity contribution in [3.05, 3.63) is 81.2 Å². The number of halogens is 1. The zero-order valence-corrected chi connectivity index (χ0v) is 16.1. The van der Waals surface area contributed by atoms with E-state index < -0.39 is 23.5 Å². The Bertz CT molecular complexity index is 1090. The number of amides is 1. The molecule has 9 heteroatoms. The maximum atomic E-state index is 12.7. The molecule has 1 heterocycles. The molecule has 3 aromatic rings. The number of hydrogen-bond donors (Lipinski definition) is 3. The Labute approximate surface area is 170 Å². The van der Waals surface area contributed by atoms with Gasteiger partial charge in [0.15, 0.2) is 0 Å². The quantitative estimate of drug-likeness (QED) is 0.549. The monoisotopic (exact) mass is 415 g/mol. The molecule has 0 aliphatic carbocycles. The fourth-order valence-corrected chi connectivity index (χ4v) is 3.00. The number of ether oxygens (including phenoxy) is 1. The first kappa shape index (κ1) is 20.2. The zero-order valence-electron chi connectivity index (χ0n) is 15.4. The Hall–Kier alpha value is -3.52. The van der Waals surface area contributed by atoms with E-state index in [1.165, 1.54) is 11.8 Å². The van der Waals surface area contributed by atoms with Crippen LogP contribution in [-0.4, -0.2) is 33.9 Å². The number of methoxy groups -OCH3 is 1. The van der Waals surface area contributed by atoms with Crippen molar-refractivity contribution >= 4 is 23.5 Å². The highest BCUT2D eigenvalue weighted by molar-refractivity contribution is 6.30. The fourth-order valence-electron chi connectivity index (χ4n) is 2.82. The number of carboxylic acids is 1. The lowest BCUT2D eigenvalue weighted by molar-refractivity contribution is -0.137. The van der Waals surface area contributed by atoms with Crippen LogP contribution in [0, 0.1) is 0 Å². The average Bonchev–Trinajstić information content (AvgIpc) is 3.09. The van der Waals surface area contributed by atoms with Crippen LogP contribution in [0.2, 0.25) is 5.02 Å². The lowest BCUT2D eigenvalue weighted by Gasteiger charge is -2.17. The van der Waals surface area contributed by atoms with E-state index in [1.807, 2.05) is 0 Å². The van der Waals surface area contributed by atoms with Crippen molar-refractivity contribution < 1.29 is 19.4 Å². The SMILES string of the molecule is COc1ccc([C@H](CC(=O)O)NC(=O)c2cc(=O)n(-c3cccc(Cl)c3)[nH]2)cc1. The molecule has 0 spiro atoms. The molecule has 0 saturated carbocycles. The lowest BCUT2D eigenvalue weighted by atomic mass is 10.0. The van der Waals surface area contributed by atoms with Crippen LogP contribution < -0.4 is 15.6 Å². The highest BCUT2D eigenvalue weighted by Crippen LogP contribution is 2.21. The molecule has 3 rings (SSSR count). The van der Waals surface area contributed by atoms with E-state index in [-0.39, 0.29) is 12.1 Å². The minimum Gasteiger partial charge on any atom is -0.497 e. The Morgan fingerprint density at radius 1 is 1.21 bits per heavy atom. The summed E-state index contributed by atoms with van der Waals surface area (Å²) < 4.78 is 6.27. The predicted octanol–water partition coefficient (Wildman–Crippen LogP) is 2.77. The minimum absolute atomic E-state index is 0.00104. The Morgan fingerprint density at radius 2 is 1.93 bits per heavy atom. The van der Waals surface area contributed by atoms with Gasteiger partial charge in [-0.25, -0.2) is 4.68 Å². The van der Waals surface area contributed by atoms with Gasteiger partial charge in [-0.05, 0) is 35.9 Å². The molecule has 1 atom stereocenters. The van der Waals surface area contributed by atoms with Crippen molar-refractivity contribution in [3.8, 4) is 11.4 Å². The van der Waals surface area contributed by atoms with Crippen molar-refractivity contribution in [2.75, 3.05) is 7.11 Å². The highest BCUT2D eigenvalue weighted by Gasteiger charge is 2.21. The number of hydrogen-bond acceptors (Lipinski definition) is 4. The molecule has 0 radical (unpaired) electrons. The zero-order chi connectivity index (χ0) is 21.0. The first-order valence-corrected chi connectivity index (χ1v) is 9.00. The maximum Gasteiger partial charge on any atom is 0.305 e. The van der Waals surface area contributed by atoms with Crippen LogP contribution in [0.4, 0.5) is 0 Å². The second-order valence-corrected chi connectivity index (χ2v) is 6.66. The molecule has 8 nitrogen and oxygen atoms in total. The molecule has 0 unspecified atom stereocenters. The third kappa shape index (κ3) is 4.85. The number of nitrogens with one attached hydrogen (secondary N) is 2. The number of benzene rings is 2. The molecule has 1 aromatic heterocycles. The van der Waals surface area contributed by atoms with Crippen molar-refractivity contribution in [1.29, 1.82) is 0 Å². The van der Waals surface area contributed by atoms with Gasteiger partial charge in [0.25, 0.3) is 11.5 Å². The number of carbonyl (C=O) groups is 2. The summed E-state index contributed by atoms with van der Waals surface area (Å²) in [5.74, 6) is -1.07. The standard InChI is InChI=1S/C20H18ClN3O5/c1-29-15-7-5-12(6-8-15)16(11-19(26)27)22-20(28)17-10-18(25)24(23-17)14-4-2-3-13(21)9-14/h2-10,16,23H,11H2,1H3,(H,22,28)(H,26,27)/t16-/m0/s1. The summed E-state index contributed by atoms with van der Waals surface area (Å²) >= 11 is 5.95. The fraction of sp³-hybridized carbons (Fsp3) is 0.150. The summed E-state index contributed by atoms with van der Waals surface area (Å²) in [6, 6.07) is 13.6. The molecular formula is C20H18ClN3O5. The van der Waals surface area contributed by atoms with Crippen LogP contribution in [0.5, 0.6) is 5.75 Å². The van der Waals surface area contributed by atoms with E-state index in [2.05, 4.69) is 10.4 Å². The summed E-state index contributed by atoms with van der Waals surface area (Å²) in [5, 5.41) is 15.0. The molecule has 0 fully saturated rings. The molecule has 0 bridgehead atoms. The van der Waals surface area contributed by atoms with Crippen molar-refractivity contribution in [3.63, 3.8) is 0 Å². The maximum absolute atomic E-state index is 12.7. The van der Waals surface area contributed by atoms with Gasteiger partial charge in [-0.15, -0.1) is 0 Å².